The van der Waals surface area contributed by atoms with E-state index in [1.807, 2.05) is 0 Å². The van der Waals surface area contributed by atoms with Crippen molar-refractivity contribution in [2.24, 2.45) is 5.92 Å². The molecule has 86 valence electrons. The molecule has 2 atom stereocenters. The third-order valence-corrected chi connectivity index (χ3v) is 3.07. The van der Waals surface area contributed by atoms with Gasteiger partial charge in [0.1, 0.15) is 6.17 Å². The van der Waals surface area contributed by atoms with E-state index in [1.165, 1.54) is 4.90 Å². The van der Waals surface area contributed by atoms with Gasteiger partial charge >= 0.3 is 6.03 Å². The Kier molecular flexibility index (Phi) is 3.09. The Balaban J connectivity index is 1.77. The van der Waals surface area contributed by atoms with E-state index in [0.717, 1.165) is 6.42 Å². The summed E-state index contributed by atoms with van der Waals surface area (Å²) >= 11 is 0. The summed E-state index contributed by atoms with van der Waals surface area (Å²) in [6, 6.07) is 0.0348. The van der Waals surface area contributed by atoms with Crippen molar-refractivity contribution >= 4 is 6.03 Å². The number of amides is 2. The maximum Gasteiger partial charge on any atom is 0.317 e. The molecule has 2 rings (SSSR count). The summed E-state index contributed by atoms with van der Waals surface area (Å²) in [5.41, 5.74) is 0. The summed E-state index contributed by atoms with van der Waals surface area (Å²) < 4.78 is 17.8. The first kappa shape index (κ1) is 10.7. The van der Waals surface area contributed by atoms with E-state index in [4.69, 9.17) is 4.74 Å². The molecule has 5 heteroatoms. The van der Waals surface area contributed by atoms with Crippen LogP contribution in [0.25, 0.3) is 0 Å². The highest BCUT2D eigenvalue weighted by Crippen LogP contribution is 2.16. The van der Waals surface area contributed by atoms with Crippen LogP contribution in [0.4, 0.5) is 9.18 Å². The van der Waals surface area contributed by atoms with Gasteiger partial charge in [-0.05, 0) is 12.3 Å². The minimum absolute atomic E-state index is 0.136. The molecule has 2 fully saturated rings. The van der Waals surface area contributed by atoms with Gasteiger partial charge in [0.2, 0.25) is 0 Å². The summed E-state index contributed by atoms with van der Waals surface area (Å²) in [7, 11) is 0. The fourth-order valence-corrected chi connectivity index (χ4v) is 1.94. The van der Waals surface area contributed by atoms with Crippen LogP contribution < -0.4 is 5.32 Å². The standard InChI is InChI=1S/C10H17FN2O2/c1-7-6-15-3-2-9(7)12-10(14)13-4-8(11)5-13/h7-9H,2-6H2,1H3,(H,12,14). The van der Waals surface area contributed by atoms with E-state index in [1.54, 1.807) is 0 Å². The van der Waals surface area contributed by atoms with Crippen molar-refractivity contribution in [2.45, 2.75) is 25.6 Å². The van der Waals surface area contributed by atoms with E-state index in [0.29, 0.717) is 19.1 Å². The normalized spacial score (nSPS) is 32.3. The number of ether oxygens (including phenoxy) is 1. The van der Waals surface area contributed by atoms with Crippen LogP contribution in [0.15, 0.2) is 0 Å². The molecule has 0 radical (unpaired) electrons. The monoisotopic (exact) mass is 216 g/mol. The quantitative estimate of drug-likeness (QED) is 0.703. The second kappa shape index (κ2) is 4.35. The van der Waals surface area contributed by atoms with E-state index in [-0.39, 0.29) is 25.2 Å². The Morgan fingerprint density at radius 2 is 2.27 bits per heavy atom. The van der Waals surface area contributed by atoms with Gasteiger partial charge in [0.25, 0.3) is 0 Å². The molecule has 2 aliphatic rings. The number of likely N-dealkylation sites (tertiary alicyclic amines) is 1. The van der Waals surface area contributed by atoms with Crippen LogP contribution in [0.5, 0.6) is 0 Å². The lowest BCUT2D eigenvalue weighted by molar-refractivity contribution is 0.0354. The number of hydrogen-bond acceptors (Lipinski definition) is 2. The van der Waals surface area contributed by atoms with Gasteiger partial charge < -0.3 is 15.0 Å². The smallest absolute Gasteiger partial charge is 0.317 e. The molecule has 0 aromatic heterocycles. The number of nitrogens with zero attached hydrogens (tertiary/aromatic N) is 1. The predicted molar refractivity (Wildman–Crippen MR) is 53.4 cm³/mol. The highest BCUT2D eigenvalue weighted by molar-refractivity contribution is 5.75. The maximum absolute atomic E-state index is 12.5. The topological polar surface area (TPSA) is 41.6 Å². The molecule has 15 heavy (non-hydrogen) atoms. The van der Waals surface area contributed by atoms with Gasteiger partial charge in [-0.1, -0.05) is 6.92 Å². The highest BCUT2D eigenvalue weighted by Gasteiger charge is 2.32. The molecule has 2 aliphatic heterocycles. The number of hydrogen-bond donors (Lipinski definition) is 1. The van der Waals surface area contributed by atoms with Crippen molar-refractivity contribution < 1.29 is 13.9 Å². The molecule has 0 aromatic rings. The first-order valence-electron chi connectivity index (χ1n) is 5.44. The number of halogens is 1. The van der Waals surface area contributed by atoms with Gasteiger partial charge in [0, 0.05) is 12.6 Å². The van der Waals surface area contributed by atoms with Crippen molar-refractivity contribution in [3.8, 4) is 0 Å². The Bertz CT molecular complexity index is 244. The highest BCUT2D eigenvalue weighted by atomic mass is 19.1. The lowest BCUT2D eigenvalue weighted by Gasteiger charge is -2.37. The summed E-state index contributed by atoms with van der Waals surface area (Å²) in [4.78, 5) is 13.1. The molecular weight excluding hydrogens is 199 g/mol. The molecule has 0 saturated carbocycles. The number of carbonyl (C=O) groups excluding carboxylic acids is 1. The van der Waals surface area contributed by atoms with Gasteiger partial charge in [-0.3, -0.25) is 0 Å². The number of urea groups is 1. The first-order valence-corrected chi connectivity index (χ1v) is 5.44. The minimum atomic E-state index is -0.831. The predicted octanol–water partition coefficient (Wildman–Crippen LogP) is 0.775. The fourth-order valence-electron chi connectivity index (χ4n) is 1.94. The molecule has 0 aromatic carbocycles. The molecule has 0 bridgehead atoms. The van der Waals surface area contributed by atoms with E-state index in [2.05, 4.69) is 12.2 Å². The van der Waals surface area contributed by atoms with E-state index < -0.39 is 6.17 Å². The van der Waals surface area contributed by atoms with Gasteiger partial charge in [0.15, 0.2) is 0 Å². The summed E-state index contributed by atoms with van der Waals surface area (Å²) in [5.74, 6) is 0.338. The largest absolute Gasteiger partial charge is 0.381 e. The third kappa shape index (κ3) is 2.40. The molecule has 2 amide bonds. The molecule has 0 aliphatic carbocycles. The lowest BCUT2D eigenvalue weighted by atomic mass is 9.98. The van der Waals surface area contributed by atoms with Crippen LogP contribution in [0.3, 0.4) is 0 Å². The summed E-state index contributed by atoms with van der Waals surface area (Å²) in [5, 5.41) is 2.93. The second-order valence-electron chi connectivity index (χ2n) is 4.40. The molecular formula is C10H17FN2O2. The maximum atomic E-state index is 12.5. The molecule has 2 heterocycles. The third-order valence-electron chi connectivity index (χ3n) is 3.07. The van der Waals surface area contributed by atoms with Crippen LogP contribution >= 0.6 is 0 Å². The van der Waals surface area contributed by atoms with Crippen molar-refractivity contribution in [3.05, 3.63) is 0 Å². The molecule has 4 nitrogen and oxygen atoms in total. The van der Waals surface area contributed by atoms with E-state index in [9.17, 15) is 9.18 Å². The van der Waals surface area contributed by atoms with Crippen LogP contribution in [-0.2, 0) is 4.74 Å². The molecule has 1 N–H and O–H groups in total. The zero-order chi connectivity index (χ0) is 10.8. The van der Waals surface area contributed by atoms with E-state index >= 15 is 0 Å². The van der Waals surface area contributed by atoms with Gasteiger partial charge in [-0.15, -0.1) is 0 Å². The van der Waals surface area contributed by atoms with Gasteiger partial charge in [-0.25, -0.2) is 9.18 Å². The van der Waals surface area contributed by atoms with Crippen LogP contribution in [0.1, 0.15) is 13.3 Å². The number of rotatable bonds is 1. The number of alkyl halides is 1. The zero-order valence-electron chi connectivity index (χ0n) is 8.91. The summed E-state index contributed by atoms with van der Waals surface area (Å²) in [6.45, 7) is 3.92. The Labute approximate surface area is 88.8 Å². The summed E-state index contributed by atoms with van der Waals surface area (Å²) in [6.07, 6.45) is 0.0163. The average Bonchev–Trinajstić information content (AvgIpc) is 2.17. The van der Waals surface area contributed by atoms with Gasteiger partial charge in [-0.2, -0.15) is 0 Å². The second-order valence-corrected chi connectivity index (χ2v) is 4.40. The van der Waals surface area contributed by atoms with Crippen molar-refractivity contribution in [3.63, 3.8) is 0 Å². The average molecular weight is 216 g/mol. The van der Waals surface area contributed by atoms with Crippen LogP contribution in [0, 0.1) is 5.92 Å². The molecule has 0 spiro atoms. The fraction of sp³-hybridized carbons (Fsp3) is 0.900. The number of carbonyl (C=O) groups is 1. The van der Waals surface area contributed by atoms with Crippen LogP contribution in [-0.4, -0.2) is 49.4 Å². The lowest BCUT2D eigenvalue weighted by Crippen LogP contribution is -2.58. The Hall–Kier alpha value is -0.840. The van der Waals surface area contributed by atoms with Crippen LogP contribution in [0.2, 0.25) is 0 Å². The Morgan fingerprint density at radius 1 is 1.53 bits per heavy atom. The first-order chi connectivity index (χ1) is 7.16. The SMILES string of the molecule is CC1COCCC1NC(=O)N1CC(F)C1. The molecule has 2 saturated heterocycles. The zero-order valence-corrected chi connectivity index (χ0v) is 8.91. The molecule has 2 unspecified atom stereocenters. The Morgan fingerprint density at radius 3 is 2.87 bits per heavy atom. The van der Waals surface area contributed by atoms with Gasteiger partial charge in [0.05, 0.1) is 19.7 Å². The van der Waals surface area contributed by atoms with Crippen molar-refractivity contribution in [1.82, 2.24) is 10.2 Å². The van der Waals surface area contributed by atoms with Crippen molar-refractivity contribution in [1.29, 1.82) is 0 Å². The number of nitrogens with one attached hydrogen (secondary N) is 1. The van der Waals surface area contributed by atoms with Crippen molar-refractivity contribution in [2.75, 3.05) is 26.3 Å². The minimum Gasteiger partial charge on any atom is -0.381 e.